The second kappa shape index (κ2) is 7.49. The van der Waals surface area contributed by atoms with Crippen molar-refractivity contribution < 1.29 is 13.2 Å². The van der Waals surface area contributed by atoms with Crippen LogP contribution in [0.4, 0.5) is 11.4 Å². The van der Waals surface area contributed by atoms with Crippen LogP contribution in [0.3, 0.4) is 0 Å². The number of nitrogens with one attached hydrogen (secondary N) is 1. The van der Waals surface area contributed by atoms with Crippen molar-refractivity contribution in [3.63, 3.8) is 0 Å². The zero-order chi connectivity index (χ0) is 17.7. The number of hydrogen-bond acceptors (Lipinski definition) is 4. The number of hydrogen-bond donors (Lipinski definition) is 2. The number of sulfone groups is 1. The molecule has 0 heterocycles. The molecule has 6 heteroatoms. The van der Waals surface area contributed by atoms with Gasteiger partial charge in [-0.1, -0.05) is 24.3 Å². The minimum Gasteiger partial charge on any atom is -0.399 e. The van der Waals surface area contributed by atoms with E-state index in [1.807, 2.05) is 0 Å². The van der Waals surface area contributed by atoms with Gasteiger partial charge in [0.15, 0.2) is 9.84 Å². The van der Waals surface area contributed by atoms with Crippen molar-refractivity contribution >= 4 is 27.1 Å². The highest BCUT2D eigenvalue weighted by Crippen LogP contribution is 2.16. The maximum atomic E-state index is 12.1. The molecule has 0 saturated carbocycles. The lowest BCUT2D eigenvalue weighted by Gasteiger charge is -2.10. The number of carbonyl (C=O) groups excluding carboxylic acids is 1. The van der Waals surface area contributed by atoms with Crippen LogP contribution in [0.1, 0.15) is 25.0 Å². The van der Waals surface area contributed by atoms with E-state index in [2.05, 4.69) is 5.32 Å². The summed E-state index contributed by atoms with van der Waals surface area (Å²) in [5, 5.41) is 2.37. The van der Waals surface area contributed by atoms with Crippen LogP contribution in [0.15, 0.2) is 48.5 Å². The summed E-state index contributed by atoms with van der Waals surface area (Å²) in [7, 11) is -3.17. The lowest BCUT2D eigenvalue weighted by molar-refractivity contribution is -0.115. The van der Waals surface area contributed by atoms with Gasteiger partial charge in [-0.3, -0.25) is 4.79 Å². The molecule has 0 spiro atoms. The summed E-state index contributed by atoms with van der Waals surface area (Å²) in [6.07, 6.45) is 0.231. The Kier molecular flexibility index (Phi) is 5.62. The SMILES string of the molecule is CC(C)S(=O)(=O)Cc1cccc(NC(=O)Cc2ccc(N)cc2)c1. The van der Waals surface area contributed by atoms with Crippen LogP contribution in [0.25, 0.3) is 0 Å². The summed E-state index contributed by atoms with van der Waals surface area (Å²) in [4.78, 5) is 12.1. The molecular weight excluding hydrogens is 324 g/mol. The van der Waals surface area contributed by atoms with E-state index in [9.17, 15) is 13.2 Å². The molecule has 5 nitrogen and oxygen atoms in total. The Morgan fingerprint density at radius 2 is 1.75 bits per heavy atom. The highest BCUT2D eigenvalue weighted by atomic mass is 32.2. The Morgan fingerprint density at radius 3 is 2.38 bits per heavy atom. The third kappa shape index (κ3) is 5.09. The molecule has 0 fully saturated rings. The van der Waals surface area contributed by atoms with E-state index in [4.69, 9.17) is 5.73 Å². The van der Waals surface area contributed by atoms with Gasteiger partial charge < -0.3 is 11.1 Å². The van der Waals surface area contributed by atoms with Crippen LogP contribution in [-0.2, 0) is 26.8 Å². The summed E-state index contributed by atoms with van der Waals surface area (Å²) in [6.45, 7) is 3.32. The van der Waals surface area contributed by atoms with Crippen molar-refractivity contribution in [3.8, 4) is 0 Å². The molecule has 0 bridgehead atoms. The number of amides is 1. The fourth-order valence-corrected chi connectivity index (χ4v) is 3.14. The van der Waals surface area contributed by atoms with Crippen molar-refractivity contribution in [1.29, 1.82) is 0 Å². The van der Waals surface area contributed by atoms with Crippen LogP contribution >= 0.6 is 0 Å². The largest absolute Gasteiger partial charge is 0.399 e. The molecular formula is C18H22N2O3S. The minimum atomic E-state index is -3.17. The van der Waals surface area contributed by atoms with Gasteiger partial charge in [0.1, 0.15) is 0 Å². The Balaban J connectivity index is 2.03. The van der Waals surface area contributed by atoms with Gasteiger partial charge in [-0.05, 0) is 49.2 Å². The Hall–Kier alpha value is -2.34. The zero-order valence-corrected chi connectivity index (χ0v) is 14.6. The van der Waals surface area contributed by atoms with Crippen molar-refractivity contribution in [2.24, 2.45) is 0 Å². The molecule has 2 aromatic rings. The standard InChI is InChI=1S/C18H22N2O3S/c1-13(2)24(22,23)12-15-4-3-5-17(10-15)20-18(21)11-14-6-8-16(19)9-7-14/h3-10,13H,11-12,19H2,1-2H3,(H,20,21). The van der Waals surface area contributed by atoms with Crippen LogP contribution in [0, 0.1) is 0 Å². The molecule has 24 heavy (non-hydrogen) atoms. The molecule has 0 aliphatic carbocycles. The Morgan fingerprint density at radius 1 is 1.08 bits per heavy atom. The van der Waals surface area contributed by atoms with Crippen molar-refractivity contribution in [1.82, 2.24) is 0 Å². The molecule has 0 aliphatic heterocycles. The quantitative estimate of drug-likeness (QED) is 0.787. The predicted octanol–water partition coefficient (Wildman–Crippen LogP) is 2.77. The highest BCUT2D eigenvalue weighted by Gasteiger charge is 2.17. The maximum absolute atomic E-state index is 12.1. The normalized spacial score (nSPS) is 11.5. The zero-order valence-electron chi connectivity index (χ0n) is 13.8. The number of benzene rings is 2. The topological polar surface area (TPSA) is 89.3 Å². The van der Waals surface area contributed by atoms with Gasteiger partial charge in [-0.25, -0.2) is 8.42 Å². The van der Waals surface area contributed by atoms with E-state index < -0.39 is 15.1 Å². The minimum absolute atomic E-state index is 0.0354. The van der Waals surface area contributed by atoms with Crippen molar-refractivity contribution in [2.45, 2.75) is 31.3 Å². The lowest BCUT2D eigenvalue weighted by atomic mass is 10.1. The van der Waals surface area contributed by atoms with E-state index in [0.29, 0.717) is 16.9 Å². The van der Waals surface area contributed by atoms with E-state index in [0.717, 1.165) is 5.56 Å². The summed E-state index contributed by atoms with van der Waals surface area (Å²) in [5.41, 5.74) is 8.38. The van der Waals surface area contributed by atoms with E-state index in [-0.39, 0.29) is 18.1 Å². The fourth-order valence-electron chi connectivity index (χ4n) is 2.16. The van der Waals surface area contributed by atoms with Crippen LogP contribution < -0.4 is 11.1 Å². The van der Waals surface area contributed by atoms with Gasteiger partial charge in [-0.2, -0.15) is 0 Å². The van der Waals surface area contributed by atoms with Gasteiger partial charge in [0.05, 0.1) is 17.4 Å². The molecule has 0 aliphatic rings. The molecule has 0 unspecified atom stereocenters. The molecule has 0 atom stereocenters. The van der Waals surface area contributed by atoms with Gasteiger partial charge in [-0.15, -0.1) is 0 Å². The molecule has 0 radical (unpaired) electrons. The molecule has 0 saturated heterocycles. The van der Waals surface area contributed by atoms with Crippen LogP contribution in [0.2, 0.25) is 0 Å². The molecule has 2 aromatic carbocycles. The molecule has 3 N–H and O–H groups in total. The third-order valence-electron chi connectivity index (χ3n) is 3.64. The van der Waals surface area contributed by atoms with Gasteiger partial charge >= 0.3 is 0 Å². The van der Waals surface area contributed by atoms with E-state index in [1.165, 1.54) is 0 Å². The Bertz CT molecular complexity index is 812. The number of rotatable bonds is 6. The summed E-state index contributed by atoms with van der Waals surface area (Å²) in [6, 6.07) is 14.0. The maximum Gasteiger partial charge on any atom is 0.228 e. The van der Waals surface area contributed by atoms with Crippen molar-refractivity contribution in [3.05, 3.63) is 59.7 Å². The fraction of sp³-hybridized carbons (Fsp3) is 0.278. The third-order valence-corrected chi connectivity index (χ3v) is 5.81. The van der Waals surface area contributed by atoms with Crippen LogP contribution in [-0.4, -0.2) is 19.6 Å². The second-order valence-corrected chi connectivity index (χ2v) is 8.58. The first-order chi connectivity index (χ1) is 11.3. The number of nitrogen functional groups attached to an aromatic ring is 1. The first-order valence-corrected chi connectivity index (χ1v) is 9.42. The molecule has 128 valence electrons. The smallest absolute Gasteiger partial charge is 0.228 e. The number of anilines is 2. The van der Waals surface area contributed by atoms with E-state index >= 15 is 0 Å². The van der Waals surface area contributed by atoms with Gasteiger partial charge in [0.25, 0.3) is 0 Å². The average Bonchev–Trinajstić information content (AvgIpc) is 2.49. The van der Waals surface area contributed by atoms with Crippen molar-refractivity contribution in [2.75, 3.05) is 11.1 Å². The summed E-state index contributed by atoms with van der Waals surface area (Å²) in [5.74, 6) is -0.199. The van der Waals surface area contributed by atoms with Gasteiger partial charge in [0, 0.05) is 11.4 Å². The summed E-state index contributed by atoms with van der Waals surface area (Å²) >= 11 is 0. The molecule has 2 rings (SSSR count). The monoisotopic (exact) mass is 346 g/mol. The average molecular weight is 346 g/mol. The number of nitrogens with two attached hydrogens (primary N) is 1. The van der Waals surface area contributed by atoms with Gasteiger partial charge in [0.2, 0.25) is 5.91 Å². The lowest BCUT2D eigenvalue weighted by Crippen LogP contribution is -2.17. The highest BCUT2D eigenvalue weighted by molar-refractivity contribution is 7.91. The molecule has 0 aromatic heterocycles. The van der Waals surface area contributed by atoms with E-state index in [1.54, 1.807) is 62.4 Å². The molecule has 1 amide bonds. The van der Waals surface area contributed by atoms with Crippen LogP contribution in [0.5, 0.6) is 0 Å². The first kappa shape index (κ1) is 18.0. The summed E-state index contributed by atoms with van der Waals surface area (Å²) < 4.78 is 24.0. The number of carbonyl (C=O) groups is 1. The Labute approximate surface area is 142 Å². The second-order valence-electron chi connectivity index (χ2n) is 6.02. The first-order valence-electron chi connectivity index (χ1n) is 7.71. The predicted molar refractivity (Wildman–Crippen MR) is 97.4 cm³/mol.